The average molecular weight is 256 g/mol. The highest BCUT2D eigenvalue weighted by atomic mass is 16.5. The van der Waals surface area contributed by atoms with Gasteiger partial charge in [0.2, 0.25) is 5.89 Å². The molecular formula is C10H16N4O4. The van der Waals surface area contributed by atoms with E-state index in [4.69, 9.17) is 9.63 Å². The number of nitrogens with one attached hydrogen (secondary N) is 1. The van der Waals surface area contributed by atoms with Crippen LogP contribution in [0.15, 0.2) is 10.9 Å². The molecular weight excluding hydrogens is 240 g/mol. The topological polar surface area (TPSA) is 109 Å². The number of likely N-dealkylation sites (N-methyl/N-ethyl adjacent to an activating group) is 1. The van der Waals surface area contributed by atoms with Crippen molar-refractivity contribution in [2.45, 2.75) is 25.8 Å². The molecule has 18 heavy (non-hydrogen) atoms. The van der Waals surface area contributed by atoms with Gasteiger partial charge in [-0.2, -0.15) is 4.98 Å². The summed E-state index contributed by atoms with van der Waals surface area (Å²) in [5.74, 6) is -0.602. The Kier molecular flexibility index (Phi) is 5.09. The lowest BCUT2D eigenvalue weighted by molar-refractivity contribution is -0.141. The molecule has 0 aliphatic rings. The lowest BCUT2D eigenvalue weighted by Crippen LogP contribution is -2.47. The molecule has 0 spiro atoms. The minimum atomic E-state index is -1.02. The van der Waals surface area contributed by atoms with Crippen LogP contribution in [0, 0.1) is 0 Å². The van der Waals surface area contributed by atoms with E-state index in [-0.39, 0.29) is 0 Å². The van der Waals surface area contributed by atoms with E-state index < -0.39 is 18.0 Å². The average Bonchev–Trinajstić information content (AvgIpc) is 2.82. The molecule has 0 bridgehead atoms. The van der Waals surface area contributed by atoms with Crippen LogP contribution in [-0.4, -0.2) is 51.8 Å². The zero-order valence-electron chi connectivity index (χ0n) is 10.3. The first kappa shape index (κ1) is 13.9. The first-order valence-corrected chi connectivity index (χ1v) is 5.55. The Labute approximate surface area is 104 Å². The summed E-state index contributed by atoms with van der Waals surface area (Å²) in [4.78, 5) is 27.5. The number of carboxylic acids is 1. The van der Waals surface area contributed by atoms with E-state index >= 15 is 0 Å². The van der Waals surface area contributed by atoms with Crippen LogP contribution in [0.2, 0.25) is 0 Å². The Morgan fingerprint density at radius 2 is 2.33 bits per heavy atom. The SMILES string of the molecule is CCC(C(=O)O)N(C)C(=O)NCCc1ncno1. The highest BCUT2D eigenvalue weighted by Crippen LogP contribution is 2.02. The third-order valence-corrected chi connectivity index (χ3v) is 2.48. The van der Waals surface area contributed by atoms with Crippen LogP contribution >= 0.6 is 0 Å². The number of nitrogens with zero attached hydrogens (tertiary/aromatic N) is 3. The van der Waals surface area contributed by atoms with Crippen LogP contribution in [0.25, 0.3) is 0 Å². The summed E-state index contributed by atoms with van der Waals surface area (Å²) in [6, 6.07) is -1.27. The van der Waals surface area contributed by atoms with E-state index in [0.29, 0.717) is 25.3 Å². The molecule has 2 amide bonds. The molecule has 1 unspecified atom stereocenters. The first-order chi connectivity index (χ1) is 8.56. The molecule has 1 atom stereocenters. The monoisotopic (exact) mass is 256 g/mol. The van der Waals surface area contributed by atoms with Crippen molar-refractivity contribution in [1.82, 2.24) is 20.4 Å². The molecule has 0 aliphatic heterocycles. The van der Waals surface area contributed by atoms with Gasteiger partial charge in [0, 0.05) is 20.0 Å². The molecule has 1 aromatic rings. The van der Waals surface area contributed by atoms with Gasteiger partial charge in [0.25, 0.3) is 0 Å². The third kappa shape index (κ3) is 3.72. The molecule has 0 radical (unpaired) electrons. The van der Waals surface area contributed by atoms with Crippen molar-refractivity contribution in [2.24, 2.45) is 0 Å². The van der Waals surface area contributed by atoms with Gasteiger partial charge in [-0.15, -0.1) is 0 Å². The van der Waals surface area contributed by atoms with Crippen LogP contribution in [-0.2, 0) is 11.2 Å². The van der Waals surface area contributed by atoms with Gasteiger partial charge >= 0.3 is 12.0 Å². The fourth-order valence-corrected chi connectivity index (χ4v) is 1.46. The molecule has 8 nitrogen and oxygen atoms in total. The number of aromatic nitrogens is 2. The van der Waals surface area contributed by atoms with Gasteiger partial charge < -0.3 is 19.8 Å². The van der Waals surface area contributed by atoms with Crippen molar-refractivity contribution in [3.8, 4) is 0 Å². The maximum absolute atomic E-state index is 11.7. The number of carboxylic acid groups (broad SMARTS) is 1. The second-order valence-electron chi connectivity index (χ2n) is 3.69. The molecule has 2 N–H and O–H groups in total. The van der Waals surface area contributed by atoms with Gasteiger partial charge in [-0.1, -0.05) is 12.1 Å². The standard InChI is InChI=1S/C10H16N4O4/c1-3-7(9(15)16)14(2)10(17)11-5-4-8-12-6-13-18-8/h6-7H,3-5H2,1-2H3,(H,11,17)(H,15,16). The molecule has 1 aromatic heterocycles. The van der Waals surface area contributed by atoms with E-state index in [1.165, 1.54) is 13.4 Å². The minimum Gasteiger partial charge on any atom is -0.480 e. The Morgan fingerprint density at radius 1 is 1.61 bits per heavy atom. The van der Waals surface area contributed by atoms with Crippen molar-refractivity contribution in [3.05, 3.63) is 12.2 Å². The van der Waals surface area contributed by atoms with Crippen molar-refractivity contribution < 1.29 is 19.2 Å². The molecule has 100 valence electrons. The minimum absolute atomic E-state index is 0.307. The van der Waals surface area contributed by atoms with Gasteiger partial charge in [-0.25, -0.2) is 9.59 Å². The van der Waals surface area contributed by atoms with E-state index in [2.05, 4.69) is 15.5 Å². The highest BCUT2D eigenvalue weighted by molar-refractivity contribution is 5.82. The largest absolute Gasteiger partial charge is 0.480 e. The maximum atomic E-state index is 11.7. The van der Waals surface area contributed by atoms with Crippen molar-refractivity contribution in [3.63, 3.8) is 0 Å². The van der Waals surface area contributed by atoms with Crippen LogP contribution in [0.3, 0.4) is 0 Å². The maximum Gasteiger partial charge on any atom is 0.326 e. The normalized spacial score (nSPS) is 11.9. The highest BCUT2D eigenvalue weighted by Gasteiger charge is 2.24. The predicted molar refractivity (Wildman–Crippen MR) is 60.9 cm³/mol. The Hall–Kier alpha value is -2.12. The van der Waals surface area contributed by atoms with Crippen molar-refractivity contribution >= 4 is 12.0 Å². The van der Waals surface area contributed by atoms with Crippen LogP contribution in [0.1, 0.15) is 19.2 Å². The molecule has 0 fully saturated rings. The number of amides is 2. The molecule has 0 aliphatic carbocycles. The fourth-order valence-electron chi connectivity index (χ4n) is 1.46. The molecule has 1 rings (SSSR count). The second-order valence-corrected chi connectivity index (χ2v) is 3.69. The summed E-state index contributed by atoms with van der Waals surface area (Å²) < 4.78 is 4.76. The number of aliphatic carboxylic acids is 1. The number of hydrogen-bond donors (Lipinski definition) is 2. The number of rotatable bonds is 6. The smallest absolute Gasteiger partial charge is 0.326 e. The number of hydrogen-bond acceptors (Lipinski definition) is 5. The summed E-state index contributed by atoms with van der Waals surface area (Å²) in [5.41, 5.74) is 0. The fraction of sp³-hybridized carbons (Fsp3) is 0.600. The Balaban J connectivity index is 2.37. The molecule has 0 saturated carbocycles. The van der Waals surface area contributed by atoms with E-state index in [1.807, 2.05) is 0 Å². The summed E-state index contributed by atoms with van der Waals surface area (Å²) in [6.07, 6.45) is 2.03. The van der Waals surface area contributed by atoms with E-state index in [9.17, 15) is 9.59 Å². The quantitative estimate of drug-likeness (QED) is 0.748. The molecule has 1 heterocycles. The predicted octanol–water partition coefficient (Wildman–Crippen LogP) is 0.117. The molecule has 0 saturated heterocycles. The summed E-state index contributed by atoms with van der Waals surface area (Å²) in [6.45, 7) is 2.02. The van der Waals surface area contributed by atoms with E-state index in [0.717, 1.165) is 4.90 Å². The lowest BCUT2D eigenvalue weighted by atomic mass is 10.2. The van der Waals surface area contributed by atoms with Crippen LogP contribution in [0.4, 0.5) is 4.79 Å². The van der Waals surface area contributed by atoms with Gasteiger partial charge in [0.15, 0.2) is 6.33 Å². The lowest BCUT2D eigenvalue weighted by Gasteiger charge is -2.23. The van der Waals surface area contributed by atoms with Crippen molar-refractivity contribution in [1.29, 1.82) is 0 Å². The number of urea groups is 1. The number of carbonyl (C=O) groups excluding carboxylic acids is 1. The second kappa shape index (κ2) is 6.58. The number of carbonyl (C=O) groups is 2. The zero-order valence-corrected chi connectivity index (χ0v) is 10.3. The third-order valence-electron chi connectivity index (χ3n) is 2.48. The van der Waals surface area contributed by atoms with Gasteiger partial charge in [0.05, 0.1) is 0 Å². The van der Waals surface area contributed by atoms with E-state index in [1.54, 1.807) is 6.92 Å². The van der Waals surface area contributed by atoms with Crippen LogP contribution in [0.5, 0.6) is 0 Å². The molecule has 0 aromatic carbocycles. The van der Waals surface area contributed by atoms with Gasteiger partial charge in [0.1, 0.15) is 6.04 Å². The summed E-state index contributed by atoms with van der Waals surface area (Å²) in [7, 11) is 1.45. The van der Waals surface area contributed by atoms with Gasteiger partial charge in [-0.3, -0.25) is 0 Å². The Morgan fingerprint density at radius 3 is 2.83 bits per heavy atom. The van der Waals surface area contributed by atoms with Gasteiger partial charge in [-0.05, 0) is 6.42 Å². The molecule has 8 heteroatoms. The first-order valence-electron chi connectivity index (χ1n) is 5.55. The summed E-state index contributed by atoms with van der Waals surface area (Å²) in [5, 5.41) is 14.9. The summed E-state index contributed by atoms with van der Waals surface area (Å²) >= 11 is 0. The zero-order chi connectivity index (χ0) is 13.5. The van der Waals surface area contributed by atoms with Crippen molar-refractivity contribution in [2.75, 3.05) is 13.6 Å². The van der Waals surface area contributed by atoms with Crippen LogP contribution < -0.4 is 5.32 Å². The Bertz CT molecular complexity index is 393.